The number of nitrogens with one attached hydrogen (secondary N) is 1. The van der Waals surface area contributed by atoms with E-state index in [4.69, 9.17) is 10.5 Å². The van der Waals surface area contributed by atoms with E-state index in [-0.39, 0.29) is 5.91 Å². The zero-order valence-electron chi connectivity index (χ0n) is 9.40. The smallest absolute Gasteiger partial charge is 0.255 e. The Morgan fingerprint density at radius 3 is 3.06 bits per heavy atom. The van der Waals surface area contributed by atoms with Crippen LogP contribution in [0.5, 0.6) is 5.75 Å². The van der Waals surface area contributed by atoms with Gasteiger partial charge in [-0.3, -0.25) is 9.78 Å². The summed E-state index contributed by atoms with van der Waals surface area (Å²) in [6.07, 6.45) is 4.88. The molecule has 0 unspecified atom stereocenters. The van der Waals surface area contributed by atoms with E-state index in [1.807, 2.05) is 0 Å². The Bertz CT molecular complexity index is 342. The zero-order valence-corrected chi connectivity index (χ0v) is 9.40. The van der Waals surface area contributed by atoms with E-state index in [1.165, 1.54) is 13.3 Å². The van der Waals surface area contributed by atoms with Gasteiger partial charge in [0.15, 0.2) is 0 Å². The molecule has 0 fully saturated rings. The van der Waals surface area contributed by atoms with Gasteiger partial charge in [-0.1, -0.05) is 0 Å². The van der Waals surface area contributed by atoms with Gasteiger partial charge in [0.25, 0.3) is 5.91 Å². The molecule has 0 aliphatic rings. The summed E-state index contributed by atoms with van der Waals surface area (Å²) in [5.41, 5.74) is 5.87. The summed E-state index contributed by atoms with van der Waals surface area (Å²) in [5, 5.41) is 2.81. The van der Waals surface area contributed by atoms with Crippen molar-refractivity contribution in [1.82, 2.24) is 10.3 Å². The molecule has 1 amide bonds. The zero-order chi connectivity index (χ0) is 11.8. The lowest BCUT2D eigenvalue weighted by Crippen LogP contribution is -2.25. The van der Waals surface area contributed by atoms with Gasteiger partial charge in [-0.15, -0.1) is 0 Å². The minimum Gasteiger partial charge on any atom is -0.494 e. The van der Waals surface area contributed by atoms with Crippen LogP contribution in [0.2, 0.25) is 0 Å². The Kier molecular flexibility index (Phi) is 5.28. The molecule has 0 atom stereocenters. The summed E-state index contributed by atoms with van der Waals surface area (Å²) in [5.74, 6) is 0.343. The van der Waals surface area contributed by atoms with E-state index < -0.39 is 0 Å². The highest BCUT2D eigenvalue weighted by Crippen LogP contribution is 2.14. The van der Waals surface area contributed by atoms with Crippen molar-refractivity contribution in [1.29, 1.82) is 0 Å². The van der Waals surface area contributed by atoms with E-state index >= 15 is 0 Å². The Morgan fingerprint density at radius 1 is 1.56 bits per heavy atom. The van der Waals surface area contributed by atoms with E-state index in [0.717, 1.165) is 12.8 Å². The molecule has 5 heteroatoms. The molecule has 0 saturated carbocycles. The van der Waals surface area contributed by atoms with E-state index in [0.29, 0.717) is 24.4 Å². The first kappa shape index (κ1) is 12.4. The summed E-state index contributed by atoms with van der Waals surface area (Å²) in [6, 6.07) is 1.64. The van der Waals surface area contributed by atoms with Gasteiger partial charge in [-0.2, -0.15) is 0 Å². The highest BCUT2D eigenvalue weighted by molar-refractivity contribution is 5.96. The summed E-state index contributed by atoms with van der Waals surface area (Å²) in [6.45, 7) is 1.27. The number of unbranched alkanes of at least 4 members (excludes halogenated alkanes) is 1. The molecule has 16 heavy (non-hydrogen) atoms. The highest BCUT2D eigenvalue weighted by Gasteiger charge is 2.10. The van der Waals surface area contributed by atoms with Crippen LogP contribution in [0.3, 0.4) is 0 Å². The molecule has 88 valence electrons. The van der Waals surface area contributed by atoms with Gasteiger partial charge in [0.05, 0.1) is 18.9 Å². The summed E-state index contributed by atoms with van der Waals surface area (Å²) in [7, 11) is 1.52. The van der Waals surface area contributed by atoms with Crippen molar-refractivity contribution in [3.63, 3.8) is 0 Å². The van der Waals surface area contributed by atoms with Crippen LogP contribution in [0.4, 0.5) is 0 Å². The molecule has 1 heterocycles. The third-order valence-electron chi connectivity index (χ3n) is 2.17. The van der Waals surface area contributed by atoms with Crippen molar-refractivity contribution >= 4 is 5.91 Å². The quantitative estimate of drug-likeness (QED) is 0.691. The van der Waals surface area contributed by atoms with E-state index in [1.54, 1.807) is 12.3 Å². The number of amides is 1. The third kappa shape index (κ3) is 3.51. The Morgan fingerprint density at radius 2 is 2.38 bits per heavy atom. The van der Waals surface area contributed by atoms with Crippen molar-refractivity contribution in [2.24, 2.45) is 5.73 Å². The number of carbonyl (C=O) groups excluding carboxylic acids is 1. The van der Waals surface area contributed by atoms with Crippen LogP contribution < -0.4 is 15.8 Å². The second kappa shape index (κ2) is 6.79. The molecule has 0 aliphatic heterocycles. The van der Waals surface area contributed by atoms with Gasteiger partial charge >= 0.3 is 0 Å². The Balaban J connectivity index is 2.52. The van der Waals surface area contributed by atoms with E-state index in [2.05, 4.69) is 10.3 Å². The van der Waals surface area contributed by atoms with Crippen LogP contribution in [0.25, 0.3) is 0 Å². The maximum absolute atomic E-state index is 11.7. The number of nitrogens with zero attached hydrogens (tertiary/aromatic N) is 1. The number of methoxy groups -OCH3 is 1. The molecule has 0 spiro atoms. The standard InChI is InChI=1S/C11H17N3O2/c1-16-10-8-13-7-4-9(10)11(15)14-6-3-2-5-12/h4,7-8H,2-3,5-6,12H2,1H3,(H,14,15). The SMILES string of the molecule is COc1cnccc1C(=O)NCCCCN. The average molecular weight is 223 g/mol. The molecular weight excluding hydrogens is 206 g/mol. The summed E-state index contributed by atoms with van der Waals surface area (Å²) < 4.78 is 5.05. The van der Waals surface area contributed by atoms with Gasteiger partial charge in [0.2, 0.25) is 0 Å². The maximum atomic E-state index is 11.7. The topological polar surface area (TPSA) is 77.2 Å². The predicted octanol–water partition coefficient (Wildman–Crippen LogP) is 0.559. The second-order valence-electron chi connectivity index (χ2n) is 3.33. The number of hydrogen-bond acceptors (Lipinski definition) is 4. The molecule has 0 bridgehead atoms. The van der Waals surface area contributed by atoms with Crippen molar-refractivity contribution < 1.29 is 9.53 Å². The average Bonchev–Trinajstić information content (AvgIpc) is 2.34. The minimum absolute atomic E-state index is 0.142. The second-order valence-corrected chi connectivity index (χ2v) is 3.33. The van der Waals surface area contributed by atoms with Crippen LogP contribution in [-0.4, -0.2) is 31.1 Å². The van der Waals surface area contributed by atoms with Crippen LogP contribution in [-0.2, 0) is 0 Å². The molecule has 1 aromatic heterocycles. The van der Waals surface area contributed by atoms with Gasteiger partial charge < -0.3 is 15.8 Å². The van der Waals surface area contributed by atoms with Crippen molar-refractivity contribution in [3.05, 3.63) is 24.0 Å². The molecular formula is C11H17N3O2. The lowest BCUT2D eigenvalue weighted by molar-refractivity contribution is 0.0950. The van der Waals surface area contributed by atoms with Gasteiger partial charge in [0.1, 0.15) is 5.75 Å². The largest absolute Gasteiger partial charge is 0.494 e. The van der Waals surface area contributed by atoms with Crippen LogP contribution in [0.1, 0.15) is 23.2 Å². The van der Waals surface area contributed by atoms with Crippen LogP contribution >= 0.6 is 0 Å². The van der Waals surface area contributed by atoms with Gasteiger partial charge in [-0.25, -0.2) is 0 Å². The molecule has 3 N–H and O–H groups in total. The maximum Gasteiger partial charge on any atom is 0.255 e. The predicted molar refractivity (Wildman–Crippen MR) is 61.4 cm³/mol. The van der Waals surface area contributed by atoms with Gasteiger partial charge in [0, 0.05) is 12.7 Å². The fraction of sp³-hybridized carbons (Fsp3) is 0.455. The number of ether oxygens (including phenoxy) is 1. The Hall–Kier alpha value is -1.62. The van der Waals surface area contributed by atoms with Crippen LogP contribution in [0, 0.1) is 0 Å². The highest BCUT2D eigenvalue weighted by atomic mass is 16.5. The number of pyridine rings is 1. The van der Waals surface area contributed by atoms with Crippen LogP contribution in [0.15, 0.2) is 18.5 Å². The van der Waals surface area contributed by atoms with Crippen molar-refractivity contribution in [2.75, 3.05) is 20.2 Å². The van der Waals surface area contributed by atoms with Gasteiger partial charge in [-0.05, 0) is 25.5 Å². The van der Waals surface area contributed by atoms with E-state index in [9.17, 15) is 4.79 Å². The monoisotopic (exact) mass is 223 g/mol. The summed E-state index contributed by atoms with van der Waals surface area (Å²) >= 11 is 0. The summed E-state index contributed by atoms with van der Waals surface area (Å²) in [4.78, 5) is 15.6. The molecule has 0 aliphatic carbocycles. The van der Waals surface area contributed by atoms with Crippen molar-refractivity contribution in [2.45, 2.75) is 12.8 Å². The minimum atomic E-state index is -0.142. The normalized spacial score (nSPS) is 9.88. The number of hydrogen-bond donors (Lipinski definition) is 2. The number of aromatic nitrogens is 1. The molecule has 0 saturated heterocycles. The number of carbonyl (C=O) groups is 1. The molecule has 5 nitrogen and oxygen atoms in total. The first-order chi connectivity index (χ1) is 7.79. The molecule has 0 aromatic carbocycles. The fourth-order valence-electron chi connectivity index (χ4n) is 1.30. The first-order valence-corrected chi connectivity index (χ1v) is 5.26. The molecule has 1 aromatic rings. The number of nitrogens with two attached hydrogens (primary N) is 1. The molecule has 1 rings (SSSR count). The third-order valence-corrected chi connectivity index (χ3v) is 2.17. The Labute approximate surface area is 95.0 Å². The lowest BCUT2D eigenvalue weighted by Gasteiger charge is -2.08. The lowest BCUT2D eigenvalue weighted by atomic mass is 10.2. The van der Waals surface area contributed by atoms with Crippen molar-refractivity contribution in [3.8, 4) is 5.75 Å². The molecule has 0 radical (unpaired) electrons. The first-order valence-electron chi connectivity index (χ1n) is 5.26. The number of rotatable bonds is 6. The fourth-order valence-corrected chi connectivity index (χ4v) is 1.30.